The van der Waals surface area contributed by atoms with E-state index in [0.29, 0.717) is 0 Å². The number of anilines is 2. The summed E-state index contributed by atoms with van der Waals surface area (Å²) in [7, 11) is 0. The monoisotopic (exact) mass is 703 g/mol. The lowest BCUT2D eigenvalue weighted by Crippen LogP contribution is -1.98. The van der Waals surface area contributed by atoms with Crippen molar-refractivity contribution in [2.75, 3.05) is 10.6 Å². The summed E-state index contributed by atoms with van der Waals surface area (Å²) < 4.78 is 0. The fourth-order valence-electron chi connectivity index (χ4n) is 5.13. The van der Waals surface area contributed by atoms with Crippen LogP contribution in [0.5, 0.6) is 0 Å². The van der Waals surface area contributed by atoms with Crippen LogP contribution in [0.15, 0.2) is 126 Å². The Kier molecular flexibility index (Phi) is 27.7. The molecule has 0 atom stereocenters. The molecular weight excluding hydrogens is 629 g/mol. The summed E-state index contributed by atoms with van der Waals surface area (Å²) in [6.45, 7) is 41.0. The third-order valence-corrected chi connectivity index (χ3v) is 7.85. The topological polar surface area (TPSA) is 24.1 Å². The highest BCUT2D eigenvalue weighted by Crippen LogP contribution is 2.25. The first-order valence-corrected chi connectivity index (χ1v) is 19.4. The molecule has 0 aliphatic heterocycles. The first-order chi connectivity index (χ1) is 24.9. The van der Waals surface area contributed by atoms with Gasteiger partial charge in [0.05, 0.1) is 0 Å². The van der Waals surface area contributed by atoms with Gasteiger partial charge in [0.25, 0.3) is 0 Å². The van der Waals surface area contributed by atoms with Crippen molar-refractivity contribution in [3.8, 4) is 0 Å². The Morgan fingerprint density at radius 2 is 1.40 bits per heavy atom. The van der Waals surface area contributed by atoms with Crippen LogP contribution >= 0.6 is 0 Å². The van der Waals surface area contributed by atoms with Crippen LogP contribution in [0.3, 0.4) is 0 Å². The molecule has 0 fully saturated rings. The van der Waals surface area contributed by atoms with Gasteiger partial charge < -0.3 is 10.6 Å². The molecule has 3 aromatic rings. The Morgan fingerprint density at radius 1 is 0.769 bits per heavy atom. The van der Waals surface area contributed by atoms with Crippen molar-refractivity contribution in [2.24, 2.45) is 0 Å². The molecule has 3 rings (SSSR count). The van der Waals surface area contributed by atoms with E-state index in [4.69, 9.17) is 0 Å². The van der Waals surface area contributed by atoms with Gasteiger partial charge in [0.1, 0.15) is 0 Å². The summed E-state index contributed by atoms with van der Waals surface area (Å²) >= 11 is 0. The van der Waals surface area contributed by atoms with Gasteiger partial charge in [0.2, 0.25) is 0 Å². The fraction of sp³-hybridized carbons (Fsp3) is 0.360. The van der Waals surface area contributed by atoms with Gasteiger partial charge in [-0.05, 0) is 143 Å². The van der Waals surface area contributed by atoms with E-state index >= 15 is 0 Å². The smallest absolute Gasteiger partial charge is 0.0390 e. The van der Waals surface area contributed by atoms with Gasteiger partial charge in [-0.15, -0.1) is 0 Å². The largest absolute Gasteiger partial charge is 0.360 e. The second kappa shape index (κ2) is 29.1. The number of nitrogens with one attached hydrogen (secondary N) is 2. The molecule has 0 aromatic heterocycles. The number of aryl methyl sites for hydroxylation is 3. The van der Waals surface area contributed by atoms with Gasteiger partial charge in [-0.1, -0.05) is 146 Å². The average Bonchev–Trinajstić information content (AvgIpc) is 3.14. The molecule has 3 aromatic carbocycles. The van der Waals surface area contributed by atoms with E-state index in [0.717, 1.165) is 35.6 Å². The average molecular weight is 703 g/mol. The first kappa shape index (κ1) is 49.6. The van der Waals surface area contributed by atoms with Crippen LogP contribution in [0, 0.1) is 13.8 Å². The number of rotatable bonds is 12. The number of hydrogen-bond acceptors (Lipinski definition) is 2. The Bertz CT molecular complexity index is 1650. The van der Waals surface area contributed by atoms with Crippen molar-refractivity contribution >= 4 is 29.1 Å². The minimum atomic E-state index is 0.961. The van der Waals surface area contributed by atoms with Crippen LogP contribution in [-0.2, 0) is 6.42 Å². The van der Waals surface area contributed by atoms with E-state index in [1.807, 2.05) is 54.5 Å². The minimum Gasteiger partial charge on any atom is -0.360 e. The normalized spacial score (nSPS) is 10.9. The molecule has 0 saturated carbocycles. The Hall–Kier alpha value is -4.56. The van der Waals surface area contributed by atoms with Crippen LogP contribution in [0.1, 0.15) is 137 Å². The van der Waals surface area contributed by atoms with E-state index in [1.165, 1.54) is 55.7 Å². The fourth-order valence-corrected chi connectivity index (χ4v) is 5.13. The highest BCUT2D eigenvalue weighted by atomic mass is 14.9. The quantitative estimate of drug-likeness (QED) is 0.184. The summed E-state index contributed by atoms with van der Waals surface area (Å²) in [4.78, 5) is 0. The Balaban J connectivity index is 0. The van der Waals surface area contributed by atoms with Gasteiger partial charge in [0.15, 0.2) is 0 Å². The summed E-state index contributed by atoms with van der Waals surface area (Å²) in [6, 6.07) is 21.5. The maximum atomic E-state index is 3.85. The zero-order valence-corrected chi connectivity index (χ0v) is 36.1. The molecule has 0 bridgehead atoms. The SMILES string of the molecule is C/C=C(\C=C(/C)C(C)=C(C)C)c1cccc(NC(/C=C/c2cccc(C)c2)=C/CC)c1.C=Cc1c(C)cc(NC(=C)C)cc1CC.CC.CC.CC. The number of allylic oxidation sites excluding steroid dienone is 9. The molecule has 0 unspecified atom stereocenters. The van der Waals surface area contributed by atoms with Crippen LogP contribution in [0.25, 0.3) is 17.7 Å². The van der Waals surface area contributed by atoms with Crippen molar-refractivity contribution in [2.45, 2.75) is 124 Å². The first-order valence-electron chi connectivity index (χ1n) is 19.4. The van der Waals surface area contributed by atoms with Crippen molar-refractivity contribution in [3.05, 3.63) is 160 Å². The summed E-state index contributed by atoms with van der Waals surface area (Å²) in [5.41, 5.74) is 17.1. The van der Waals surface area contributed by atoms with E-state index in [1.54, 1.807) is 0 Å². The molecule has 0 aliphatic rings. The summed E-state index contributed by atoms with van der Waals surface area (Å²) in [5, 5.41) is 6.84. The van der Waals surface area contributed by atoms with Gasteiger partial charge in [-0.25, -0.2) is 0 Å². The van der Waals surface area contributed by atoms with Gasteiger partial charge >= 0.3 is 0 Å². The lowest BCUT2D eigenvalue weighted by Gasteiger charge is -2.12. The Morgan fingerprint density at radius 3 is 1.92 bits per heavy atom. The van der Waals surface area contributed by atoms with Crippen molar-refractivity contribution in [1.82, 2.24) is 0 Å². The van der Waals surface area contributed by atoms with Gasteiger partial charge in [-0.3, -0.25) is 0 Å². The zero-order valence-electron chi connectivity index (χ0n) is 36.1. The lowest BCUT2D eigenvalue weighted by atomic mass is 9.98. The van der Waals surface area contributed by atoms with Crippen molar-refractivity contribution in [1.29, 1.82) is 0 Å². The molecule has 52 heavy (non-hydrogen) atoms. The highest BCUT2D eigenvalue weighted by Gasteiger charge is 2.05. The minimum absolute atomic E-state index is 0.961. The molecule has 0 saturated heterocycles. The van der Waals surface area contributed by atoms with Gasteiger partial charge in [0, 0.05) is 22.8 Å². The van der Waals surface area contributed by atoms with Crippen LogP contribution in [-0.4, -0.2) is 0 Å². The predicted molar refractivity (Wildman–Crippen MR) is 243 cm³/mol. The molecule has 2 N–H and O–H groups in total. The van der Waals surface area contributed by atoms with Crippen LogP contribution in [0.2, 0.25) is 0 Å². The third kappa shape index (κ3) is 18.6. The lowest BCUT2D eigenvalue weighted by molar-refractivity contribution is 1.12. The second-order valence-electron chi connectivity index (χ2n) is 12.0. The molecule has 284 valence electrons. The van der Waals surface area contributed by atoms with Crippen LogP contribution in [0.4, 0.5) is 11.4 Å². The standard InChI is InChI=1S/C30H37N.C14H19N.3C2H6/c1-8-12-29(18-17-26-14-10-13-23(5)19-26)31-30-16-11-15-28(21-30)27(9-2)20-24(6)25(7)22(3)4;1-6-12-9-13(15-10(3)4)8-11(5)14(12)7-2;3*1-2/h9-21,31H,8H2,1-7H3;7-9,15H,2-3,6H2,1,4-5H3;3*1-2H3/b18-17+,24-20+,27-9+,29-12+;;;;. The molecule has 0 spiro atoms. The maximum absolute atomic E-state index is 3.85. The molecule has 0 radical (unpaired) electrons. The van der Waals surface area contributed by atoms with Gasteiger partial charge in [-0.2, -0.15) is 0 Å². The molecule has 0 heterocycles. The molecule has 0 aliphatic carbocycles. The number of benzene rings is 3. The number of hydrogen-bond donors (Lipinski definition) is 2. The van der Waals surface area contributed by atoms with E-state index in [-0.39, 0.29) is 0 Å². The second-order valence-corrected chi connectivity index (χ2v) is 12.0. The summed E-state index contributed by atoms with van der Waals surface area (Å²) in [5.74, 6) is 0. The van der Waals surface area contributed by atoms with E-state index in [9.17, 15) is 0 Å². The zero-order chi connectivity index (χ0) is 40.2. The maximum Gasteiger partial charge on any atom is 0.0390 e. The van der Waals surface area contributed by atoms with Crippen LogP contribution < -0.4 is 10.6 Å². The molecule has 0 amide bonds. The summed E-state index contributed by atoms with van der Waals surface area (Å²) in [6.07, 6.45) is 14.9. The third-order valence-electron chi connectivity index (χ3n) is 7.85. The van der Waals surface area contributed by atoms with Crippen molar-refractivity contribution in [3.63, 3.8) is 0 Å². The molecular formula is C50H74N2. The van der Waals surface area contributed by atoms with E-state index < -0.39 is 0 Å². The highest BCUT2D eigenvalue weighted by molar-refractivity contribution is 5.77. The Labute approximate surface area is 322 Å². The predicted octanol–water partition coefficient (Wildman–Crippen LogP) is 16.3. The molecule has 2 nitrogen and oxygen atoms in total. The van der Waals surface area contributed by atoms with E-state index in [2.05, 4.69) is 177 Å². The molecule has 2 heteroatoms. The van der Waals surface area contributed by atoms with Crippen molar-refractivity contribution < 1.29 is 0 Å².